The minimum atomic E-state index is -0.182. The van der Waals surface area contributed by atoms with E-state index in [-0.39, 0.29) is 12.0 Å². The van der Waals surface area contributed by atoms with Gasteiger partial charge < -0.3 is 5.11 Å². The molecule has 2 N–H and O–H groups in total. The van der Waals surface area contributed by atoms with Gasteiger partial charge in [-0.2, -0.15) is 15.4 Å². The van der Waals surface area contributed by atoms with Crippen LogP contribution in [-0.4, -0.2) is 26.6 Å². The van der Waals surface area contributed by atoms with Gasteiger partial charge in [0.15, 0.2) is 0 Å². The molecule has 4 nitrogen and oxygen atoms in total. The maximum Gasteiger partial charge on any atom is 0.0884 e. The molecule has 2 saturated carbocycles. The van der Waals surface area contributed by atoms with E-state index in [2.05, 4.69) is 15.4 Å². The zero-order valence-corrected chi connectivity index (χ0v) is 6.64. The maximum absolute atomic E-state index is 9.68. The SMILES string of the molecule is OC1CC2CC2C1c1cn[nH]n1. The number of aliphatic hydroxyl groups excluding tert-OH is 1. The van der Waals surface area contributed by atoms with Crippen LogP contribution in [0.2, 0.25) is 0 Å². The molecule has 4 atom stereocenters. The van der Waals surface area contributed by atoms with Crippen molar-refractivity contribution in [2.75, 3.05) is 0 Å². The molecule has 64 valence electrons. The second kappa shape index (κ2) is 2.07. The second-order valence-corrected chi connectivity index (χ2v) is 3.88. The summed E-state index contributed by atoms with van der Waals surface area (Å²) in [6, 6.07) is 0. The van der Waals surface area contributed by atoms with Crippen molar-refractivity contribution in [3.8, 4) is 0 Å². The summed E-state index contributed by atoms with van der Waals surface area (Å²) in [4.78, 5) is 0. The lowest BCUT2D eigenvalue weighted by atomic mass is 9.98. The van der Waals surface area contributed by atoms with Gasteiger partial charge in [-0.1, -0.05) is 0 Å². The van der Waals surface area contributed by atoms with Crippen LogP contribution in [0.4, 0.5) is 0 Å². The molecule has 1 aromatic heterocycles. The Morgan fingerprint density at radius 3 is 3.00 bits per heavy atom. The molecular formula is C8H11N3O. The van der Waals surface area contributed by atoms with Crippen molar-refractivity contribution in [1.82, 2.24) is 15.4 Å². The van der Waals surface area contributed by atoms with Crippen LogP contribution >= 0.6 is 0 Å². The van der Waals surface area contributed by atoms with Crippen molar-refractivity contribution in [3.05, 3.63) is 11.9 Å². The highest BCUT2D eigenvalue weighted by Gasteiger charge is 2.54. The van der Waals surface area contributed by atoms with Gasteiger partial charge in [0.05, 0.1) is 18.0 Å². The van der Waals surface area contributed by atoms with Crippen LogP contribution in [0.3, 0.4) is 0 Å². The molecule has 0 spiro atoms. The molecule has 1 aromatic rings. The van der Waals surface area contributed by atoms with Crippen LogP contribution in [0.15, 0.2) is 6.20 Å². The van der Waals surface area contributed by atoms with Crippen molar-refractivity contribution in [2.45, 2.75) is 24.9 Å². The number of nitrogens with one attached hydrogen (secondary N) is 1. The first-order chi connectivity index (χ1) is 5.86. The van der Waals surface area contributed by atoms with E-state index in [1.54, 1.807) is 6.20 Å². The van der Waals surface area contributed by atoms with E-state index in [1.165, 1.54) is 6.42 Å². The van der Waals surface area contributed by atoms with Gasteiger partial charge in [-0.25, -0.2) is 0 Å². The molecular weight excluding hydrogens is 154 g/mol. The number of aromatic amines is 1. The largest absolute Gasteiger partial charge is 0.392 e. The van der Waals surface area contributed by atoms with Crippen LogP contribution in [0, 0.1) is 11.8 Å². The smallest absolute Gasteiger partial charge is 0.0884 e. The molecule has 4 unspecified atom stereocenters. The number of H-pyrrole nitrogens is 1. The van der Waals surface area contributed by atoms with Crippen LogP contribution in [-0.2, 0) is 0 Å². The first kappa shape index (κ1) is 6.60. The average molecular weight is 165 g/mol. The van der Waals surface area contributed by atoms with Gasteiger partial charge in [-0.15, -0.1) is 0 Å². The Balaban J connectivity index is 1.92. The van der Waals surface area contributed by atoms with Crippen molar-refractivity contribution in [3.63, 3.8) is 0 Å². The predicted molar refractivity (Wildman–Crippen MR) is 41.3 cm³/mol. The summed E-state index contributed by atoms with van der Waals surface area (Å²) in [6.45, 7) is 0. The molecule has 0 aliphatic heterocycles. The van der Waals surface area contributed by atoms with Crippen LogP contribution in [0.1, 0.15) is 24.5 Å². The quantitative estimate of drug-likeness (QED) is 0.628. The molecule has 1 heterocycles. The van der Waals surface area contributed by atoms with Crippen molar-refractivity contribution in [1.29, 1.82) is 0 Å². The van der Waals surface area contributed by atoms with Gasteiger partial charge in [0.2, 0.25) is 0 Å². The lowest BCUT2D eigenvalue weighted by Gasteiger charge is -2.13. The number of hydrogen-bond donors (Lipinski definition) is 2. The summed E-state index contributed by atoms with van der Waals surface area (Å²) >= 11 is 0. The summed E-state index contributed by atoms with van der Waals surface area (Å²) in [5.74, 6) is 1.71. The lowest BCUT2D eigenvalue weighted by Crippen LogP contribution is -2.15. The standard InChI is InChI=1S/C8H11N3O/c12-7-2-4-1-5(4)8(7)6-3-9-11-10-6/h3-5,7-8,12H,1-2H2,(H,9,10,11). The highest BCUT2D eigenvalue weighted by molar-refractivity contribution is 5.17. The van der Waals surface area contributed by atoms with Crippen LogP contribution in [0.5, 0.6) is 0 Å². The fourth-order valence-corrected chi connectivity index (χ4v) is 2.51. The Labute approximate surface area is 70.0 Å². The number of nitrogens with zero attached hydrogens (tertiary/aromatic N) is 2. The van der Waals surface area contributed by atoms with Crippen molar-refractivity contribution in [2.24, 2.45) is 11.8 Å². The van der Waals surface area contributed by atoms with E-state index in [9.17, 15) is 5.11 Å². The van der Waals surface area contributed by atoms with E-state index in [1.807, 2.05) is 0 Å². The third kappa shape index (κ3) is 0.756. The molecule has 2 aliphatic carbocycles. The summed E-state index contributed by atoms with van der Waals surface area (Å²) in [5, 5.41) is 20.1. The van der Waals surface area contributed by atoms with Gasteiger partial charge >= 0.3 is 0 Å². The highest BCUT2D eigenvalue weighted by Crippen LogP contribution is 2.58. The van der Waals surface area contributed by atoms with E-state index < -0.39 is 0 Å². The minimum Gasteiger partial charge on any atom is -0.392 e. The summed E-state index contributed by atoms with van der Waals surface area (Å²) in [7, 11) is 0. The van der Waals surface area contributed by atoms with Gasteiger partial charge in [0.1, 0.15) is 0 Å². The molecule has 12 heavy (non-hydrogen) atoms. The Morgan fingerprint density at radius 1 is 1.50 bits per heavy atom. The third-order valence-corrected chi connectivity index (χ3v) is 3.17. The topological polar surface area (TPSA) is 61.8 Å². The molecule has 0 radical (unpaired) electrons. The van der Waals surface area contributed by atoms with E-state index in [0.29, 0.717) is 5.92 Å². The summed E-state index contributed by atoms with van der Waals surface area (Å²) < 4.78 is 0. The molecule has 0 bridgehead atoms. The lowest BCUT2D eigenvalue weighted by molar-refractivity contribution is 0.145. The van der Waals surface area contributed by atoms with Gasteiger partial charge in [-0.3, -0.25) is 0 Å². The Hall–Kier alpha value is -0.900. The molecule has 0 aromatic carbocycles. The second-order valence-electron chi connectivity index (χ2n) is 3.88. The van der Waals surface area contributed by atoms with E-state index in [0.717, 1.165) is 18.0 Å². The molecule has 0 amide bonds. The predicted octanol–water partition coefficient (Wildman–Crippen LogP) is 0.289. The Kier molecular flexibility index (Phi) is 1.14. The van der Waals surface area contributed by atoms with Crippen molar-refractivity contribution >= 4 is 0 Å². The van der Waals surface area contributed by atoms with Crippen molar-refractivity contribution < 1.29 is 5.11 Å². The Bertz CT molecular complexity index is 283. The van der Waals surface area contributed by atoms with Gasteiger partial charge in [-0.05, 0) is 24.7 Å². The highest BCUT2D eigenvalue weighted by atomic mass is 16.3. The summed E-state index contributed by atoms with van der Waals surface area (Å²) in [5.41, 5.74) is 0.938. The fraction of sp³-hybridized carbons (Fsp3) is 0.750. The van der Waals surface area contributed by atoms with Crippen LogP contribution < -0.4 is 0 Å². The van der Waals surface area contributed by atoms with E-state index in [4.69, 9.17) is 0 Å². The Morgan fingerprint density at radius 2 is 2.42 bits per heavy atom. The maximum atomic E-state index is 9.68. The van der Waals surface area contributed by atoms with E-state index >= 15 is 0 Å². The first-order valence-electron chi connectivity index (χ1n) is 4.40. The normalized spacial score (nSPS) is 44.4. The molecule has 2 fully saturated rings. The number of hydrogen-bond acceptors (Lipinski definition) is 3. The van der Waals surface area contributed by atoms with Gasteiger partial charge in [0, 0.05) is 5.92 Å². The zero-order valence-electron chi connectivity index (χ0n) is 6.64. The summed E-state index contributed by atoms with van der Waals surface area (Å²) in [6.07, 6.45) is 3.78. The third-order valence-electron chi connectivity index (χ3n) is 3.17. The monoisotopic (exact) mass is 165 g/mol. The average Bonchev–Trinajstić information content (AvgIpc) is 2.51. The number of fused-ring (bicyclic) bond motifs is 1. The number of rotatable bonds is 1. The number of aromatic nitrogens is 3. The van der Waals surface area contributed by atoms with Gasteiger partial charge in [0.25, 0.3) is 0 Å². The zero-order chi connectivity index (χ0) is 8.13. The fourth-order valence-electron chi connectivity index (χ4n) is 2.51. The molecule has 3 rings (SSSR count). The minimum absolute atomic E-state index is 0.182. The first-order valence-corrected chi connectivity index (χ1v) is 4.40. The molecule has 4 heteroatoms. The molecule has 0 saturated heterocycles. The molecule has 2 aliphatic rings. The van der Waals surface area contributed by atoms with Crippen LogP contribution in [0.25, 0.3) is 0 Å². The number of aliphatic hydroxyl groups is 1.